The lowest BCUT2D eigenvalue weighted by atomic mass is 10.0. The fourth-order valence-corrected chi connectivity index (χ4v) is 2.83. The van der Waals surface area contributed by atoms with E-state index in [1.165, 1.54) is 18.4 Å². The van der Waals surface area contributed by atoms with Gasteiger partial charge < -0.3 is 10.5 Å². The van der Waals surface area contributed by atoms with E-state index >= 15 is 0 Å². The molecule has 1 fully saturated rings. The molecule has 0 bridgehead atoms. The van der Waals surface area contributed by atoms with Crippen molar-refractivity contribution in [2.75, 3.05) is 13.1 Å². The summed E-state index contributed by atoms with van der Waals surface area (Å²) in [6.45, 7) is 10.4. The van der Waals surface area contributed by atoms with Gasteiger partial charge >= 0.3 is 0 Å². The third kappa shape index (κ3) is 4.72. The monoisotopic (exact) mass is 290 g/mol. The van der Waals surface area contributed by atoms with Gasteiger partial charge in [-0.3, -0.25) is 4.90 Å². The molecule has 21 heavy (non-hydrogen) atoms. The third-order valence-corrected chi connectivity index (χ3v) is 4.07. The number of benzene rings is 1. The van der Waals surface area contributed by atoms with Gasteiger partial charge in [-0.1, -0.05) is 12.1 Å². The van der Waals surface area contributed by atoms with Crippen LogP contribution in [-0.2, 0) is 0 Å². The summed E-state index contributed by atoms with van der Waals surface area (Å²) >= 11 is 0. The highest BCUT2D eigenvalue weighted by Crippen LogP contribution is 2.34. The van der Waals surface area contributed by atoms with Crippen LogP contribution in [-0.4, -0.2) is 30.1 Å². The Hall–Kier alpha value is -1.06. The predicted molar refractivity (Wildman–Crippen MR) is 88.6 cm³/mol. The van der Waals surface area contributed by atoms with Crippen molar-refractivity contribution in [3.8, 4) is 5.75 Å². The molecule has 2 N–H and O–H groups in total. The van der Waals surface area contributed by atoms with E-state index in [1.54, 1.807) is 0 Å². The Morgan fingerprint density at radius 1 is 1.24 bits per heavy atom. The first-order valence-corrected chi connectivity index (χ1v) is 8.23. The summed E-state index contributed by atoms with van der Waals surface area (Å²) in [4.78, 5) is 2.55. The van der Waals surface area contributed by atoms with Crippen molar-refractivity contribution in [2.45, 2.75) is 58.7 Å². The van der Waals surface area contributed by atoms with Crippen LogP contribution in [0.15, 0.2) is 24.3 Å². The first kappa shape index (κ1) is 16.3. The second kappa shape index (κ2) is 7.28. The molecule has 0 aromatic heterocycles. The Bertz CT molecular complexity index is 441. The van der Waals surface area contributed by atoms with Gasteiger partial charge in [-0.2, -0.15) is 0 Å². The smallest absolute Gasteiger partial charge is 0.120 e. The molecular formula is C18H30N2O. The summed E-state index contributed by atoms with van der Waals surface area (Å²) in [5.41, 5.74) is 7.38. The largest absolute Gasteiger partial charge is 0.491 e. The summed E-state index contributed by atoms with van der Waals surface area (Å²) in [5, 5.41) is 0. The minimum atomic E-state index is 0.198. The average molecular weight is 290 g/mol. The molecule has 1 atom stereocenters. The quantitative estimate of drug-likeness (QED) is 0.795. The maximum absolute atomic E-state index is 6.11. The molecule has 3 nitrogen and oxygen atoms in total. The molecule has 1 aromatic rings. The molecule has 1 aliphatic carbocycles. The molecule has 0 heterocycles. The van der Waals surface area contributed by atoms with Gasteiger partial charge in [0, 0.05) is 25.2 Å². The number of nitrogens with zero attached hydrogens (tertiary/aromatic N) is 1. The van der Waals surface area contributed by atoms with Crippen LogP contribution in [0.25, 0.3) is 0 Å². The Labute approximate surface area is 129 Å². The van der Waals surface area contributed by atoms with E-state index in [4.69, 9.17) is 10.5 Å². The molecule has 0 aliphatic heterocycles. The van der Waals surface area contributed by atoms with E-state index < -0.39 is 0 Å². The standard InChI is InChI=1S/C18H30N2O/c1-13(2)20(12-15-8-9-15)18(11-19)16-6-5-7-17(10-16)21-14(3)4/h5-7,10,13-15,18H,8-9,11-12,19H2,1-4H3. The number of hydrogen-bond acceptors (Lipinski definition) is 3. The molecule has 118 valence electrons. The molecule has 0 spiro atoms. The van der Waals surface area contributed by atoms with Gasteiger partial charge in [0.1, 0.15) is 5.75 Å². The lowest BCUT2D eigenvalue weighted by Gasteiger charge is -2.35. The van der Waals surface area contributed by atoms with Crippen LogP contribution in [0.5, 0.6) is 5.75 Å². The molecule has 0 amide bonds. The Morgan fingerprint density at radius 2 is 1.95 bits per heavy atom. The van der Waals surface area contributed by atoms with Crippen molar-refractivity contribution in [2.24, 2.45) is 11.7 Å². The van der Waals surface area contributed by atoms with Crippen molar-refractivity contribution in [3.05, 3.63) is 29.8 Å². The fourth-order valence-electron chi connectivity index (χ4n) is 2.83. The summed E-state index contributed by atoms with van der Waals surface area (Å²) < 4.78 is 5.82. The van der Waals surface area contributed by atoms with Crippen LogP contribution in [0.2, 0.25) is 0 Å². The van der Waals surface area contributed by atoms with E-state index in [0.717, 1.165) is 18.2 Å². The summed E-state index contributed by atoms with van der Waals surface area (Å²) in [6.07, 6.45) is 2.94. The van der Waals surface area contributed by atoms with Gasteiger partial charge in [0.2, 0.25) is 0 Å². The number of rotatable bonds is 8. The summed E-state index contributed by atoms with van der Waals surface area (Å²) in [6, 6.07) is 9.21. The fraction of sp³-hybridized carbons (Fsp3) is 0.667. The zero-order valence-corrected chi connectivity index (χ0v) is 13.9. The Kier molecular flexibility index (Phi) is 5.65. The Morgan fingerprint density at radius 3 is 2.48 bits per heavy atom. The second-order valence-electron chi connectivity index (χ2n) is 6.72. The maximum Gasteiger partial charge on any atom is 0.120 e. The van der Waals surface area contributed by atoms with Gasteiger partial charge in [-0.15, -0.1) is 0 Å². The van der Waals surface area contributed by atoms with Crippen LogP contribution < -0.4 is 10.5 Å². The van der Waals surface area contributed by atoms with Crippen molar-refractivity contribution in [3.63, 3.8) is 0 Å². The van der Waals surface area contributed by atoms with Crippen LogP contribution >= 0.6 is 0 Å². The van der Waals surface area contributed by atoms with Crippen molar-refractivity contribution < 1.29 is 4.74 Å². The minimum absolute atomic E-state index is 0.198. The van der Waals surface area contributed by atoms with Crippen molar-refractivity contribution in [1.82, 2.24) is 4.90 Å². The van der Waals surface area contributed by atoms with Crippen molar-refractivity contribution in [1.29, 1.82) is 0 Å². The first-order chi connectivity index (χ1) is 10.0. The highest BCUT2D eigenvalue weighted by molar-refractivity contribution is 5.31. The topological polar surface area (TPSA) is 38.5 Å². The summed E-state index contributed by atoms with van der Waals surface area (Å²) in [7, 11) is 0. The normalized spacial score (nSPS) is 16.8. The van der Waals surface area contributed by atoms with E-state index in [1.807, 2.05) is 6.07 Å². The van der Waals surface area contributed by atoms with Crippen LogP contribution in [0.4, 0.5) is 0 Å². The molecule has 1 saturated carbocycles. The number of nitrogens with two attached hydrogens (primary N) is 1. The van der Waals surface area contributed by atoms with Crippen LogP contribution in [0, 0.1) is 5.92 Å². The number of ether oxygens (including phenoxy) is 1. The molecule has 2 rings (SSSR count). The van der Waals surface area contributed by atoms with Gasteiger partial charge in [-0.05, 0) is 64.2 Å². The summed E-state index contributed by atoms with van der Waals surface area (Å²) in [5.74, 6) is 1.81. The van der Waals surface area contributed by atoms with Crippen LogP contribution in [0.3, 0.4) is 0 Å². The predicted octanol–water partition coefficient (Wildman–Crippen LogP) is 3.59. The zero-order valence-electron chi connectivity index (χ0n) is 13.9. The second-order valence-corrected chi connectivity index (χ2v) is 6.72. The SMILES string of the molecule is CC(C)Oc1cccc(C(CN)N(CC2CC2)C(C)C)c1. The zero-order chi connectivity index (χ0) is 15.4. The van der Waals surface area contributed by atoms with Crippen LogP contribution in [0.1, 0.15) is 52.1 Å². The van der Waals surface area contributed by atoms with E-state index in [-0.39, 0.29) is 12.1 Å². The third-order valence-electron chi connectivity index (χ3n) is 4.07. The van der Waals surface area contributed by atoms with Crippen molar-refractivity contribution >= 4 is 0 Å². The molecule has 1 unspecified atom stereocenters. The van der Waals surface area contributed by atoms with Gasteiger partial charge in [-0.25, -0.2) is 0 Å². The van der Waals surface area contributed by atoms with E-state index in [9.17, 15) is 0 Å². The molecule has 1 aromatic carbocycles. The number of hydrogen-bond donors (Lipinski definition) is 1. The highest BCUT2D eigenvalue weighted by atomic mass is 16.5. The first-order valence-electron chi connectivity index (χ1n) is 8.23. The molecule has 0 saturated heterocycles. The van der Waals surface area contributed by atoms with E-state index in [2.05, 4.69) is 50.8 Å². The molecule has 3 heteroatoms. The van der Waals surface area contributed by atoms with Gasteiger partial charge in [0.15, 0.2) is 0 Å². The molecular weight excluding hydrogens is 260 g/mol. The molecule has 1 aliphatic rings. The lowest BCUT2D eigenvalue weighted by Crippen LogP contribution is -2.40. The average Bonchev–Trinajstić information content (AvgIpc) is 3.22. The molecule has 0 radical (unpaired) electrons. The minimum Gasteiger partial charge on any atom is -0.491 e. The Balaban J connectivity index is 2.17. The van der Waals surface area contributed by atoms with Gasteiger partial charge in [0.25, 0.3) is 0 Å². The highest BCUT2D eigenvalue weighted by Gasteiger charge is 2.29. The van der Waals surface area contributed by atoms with Gasteiger partial charge in [0.05, 0.1) is 6.10 Å². The lowest BCUT2D eigenvalue weighted by molar-refractivity contribution is 0.149. The maximum atomic E-state index is 6.11. The van der Waals surface area contributed by atoms with E-state index in [0.29, 0.717) is 12.6 Å².